The molecule has 0 atom stereocenters. The summed E-state index contributed by atoms with van der Waals surface area (Å²) < 4.78 is 64.9. The highest BCUT2D eigenvalue weighted by molar-refractivity contribution is 7.89. The van der Waals surface area contributed by atoms with Crippen molar-refractivity contribution in [1.29, 1.82) is 0 Å². The molecule has 1 aromatic rings. The molecule has 0 aliphatic heterocycles. The van der Waals surface area contributed by atoms with Crippen LogP contribution in [0.5, 0.6) is 0 Å². The van der Waals surface area contributed by atoms with Crippen molar-refractivity contribution in [2.75, 3.05) is 46.5 Å². The summed E-state index contributed by atoms with van der Waals surface area (Å²) >= 11 is 0. The predicted molar refractivity (Wildman–Crippen MR) is 95.9 cm³/mol. The van der Waals surface area contributed by atoms with Gasteiger partial charge in [-0.25, -0.2) is 30.3 Å². The maximum atomic E-state index is 13.1. The van der Waals surface area contributed by atoms with Gasteiger partial charge in [0.15, 0.2) is 0 Å². The zero-order chi connectivity index (χ0) is 19.3. The Labute approximate surface area is 149 Å². The summed E-state index contributed by atoms with van der Waals surface area (Å²) in [5.74, 6) is -0.513. The lowest BCUT2D eigenvalue weighted by Crippen LogP contribution is -2.39. The number of rotatable bonds is 10. The molecule has 0 amide bonds. The molecule has 7 nitrogen and oxygen atoms in total. The van der Waals surface area contributed by atoms with E-state index in [2.05, 4.69) is 4.72 Å². The second kappa shape index (κ2) is 9.04. The Bertz CT molecular complexity index is 780. The molecular formula is C15H26FN3O4S2. The Morgan fingerprint density at radius 2 is 1.72 bits per heavy atom. The van der Waals surface area contributed by atoms with Gasteiger partial charge in [0.1, 0.15) is 5.82 Å². The van der Waals surface area contributed by atoms with Crippen LogP contribution in [0.3, 0.4) is 0 Å². The third-order valence-corrected chi connectivity index (χ3v) is 6.49. The molecule has 0 aliphatic carbocycles. The number of sulfonamides is 2. The Balaban J connectivity index is 2.70. The number of aryl methyl sites for hydroxylation is 1. The molecule has 1 rings (SSSR count). The number of hydrogen-bond acceptors (Lipinski definition) is 5. The minimum absolute atomic E-state index is 0.0209. The second-order valence-corrected chi connectivity index (χ2v) is 9.84. The molecule has 144 valence electrons. The average molecular weight is 396 g/mol. The lowest BCUT2D eigenvalue weighted by Gasteiger charge is -2.21. The van der Waals surface area contributed by atoms with Crippen molar-refractivity contribution < 1.29 is 21.2 Å². The fraction of sp³-hybridized carbons (Fsp3) is 0.600. The van der Waals surface area contributed by atoms with Crippen LogP contribution >= 0.6 is 0 Å². The standard InChI is InChI=1S/C15H26FN3O4S2/c1-13-12-14(16)6-7-15(13)25(22,23)17-8-11-19(24(4,20)21)10-5-9-18(2)3/h6-7,12,17H,5,8-11H2,1-4H3. The third kappa shape index (κ3) is 7.37. The van der Waals surface area contributed by atoms with E-state index in [4.69, 9.17) is 0 Å². The van der Waals surface area contributed by atoms with E-state index in [0.717, 1.165) is 24.9 Å². The zero-order valence-electron chi connectivity index (χ0n) is 15.0. The summed E-state index contributed by atoms with van der Waals surface area (Å²) in [5, 5.41) is 0. The Morgan fingerprint density at radius 1 is 1.08 bits per heavy atom. The van der Waals surface area contributed by atoms with E-state index in [1.54, 1.807) is 0 Å². The second-order valence-electron chi connectivity index (χ2n) is 6.13. The van der Waals surface area contributed by atoms with Gasteiger partial charge in [-0.2, -0.15) is 0 Å². The van der Waals surface area contributed by atoms with Crippen LogP contribution in [0.25, 0.3) is 0 Å². The molecule has 0 radical (unpaired) electrons. The van der Waals surface area contributed by atoms with E-state index in [9.17, 15) is 21.2 Å². The monoisotopic (exact) mass is 395 g/mol. The normalized spacial score (nSPS) is 12.9. The molecule has 0 aromatic heterocycles. The molecule has 0 saturated carbocycles. The molecule has 0 bridgehead atoms. The smallest absolute Gasteiger partial charge is 0.240 e. The van der Waals surface area contributed by atoms with Gasteiger partial charge in [0.2, 0.25) is 20.0 Å². The lowest BCUT2D eigenvalue weighted by atomic mass is 10.2. The van der Waals surface area contributed by atoms with Gasteiger partial charge in [-0.05, 0) is 57.7 Å². The van der Waals surface area contributed by atoms with Gasteiger partial charge < -0.3 is 4.90 Å². The largest absolute Gasteiger partial charge is 0.309 e. The quantitative estimate of drug-likeness (QED) is 0.628. The fourth-order valence-corrected chi connectivity index (χ4v) is 4.43. The summed E-state index contributed by atoms with van der Waals surface area (Å²) in [6, 6.07) is 3.41. The van der Waals surface area contributed by atoms with Crippen LogP contribution in [0.4, 0.5) is 4.39 Å². The van der Waals surface area contributed by atoms with Crippen molar-refractivity contribution in [3.8, 4) is 0 Å². The number of hydrogen-bond donors (Lipinski definition) is 1. The van der Waals surface area contributed by atoms with Gasteiger partial charge in [-0.1, -0.05) is 0 Å². The molecule has 10 heteroatoms. The topological polar surface area (TPSA) is 86.8 Å². The van der Waals surface area contributed by atoms with Crippen molar-refractivity contribution >= 4 is 20.0 Å². The van der Waals surface area contributed by atoms with E-state index in [1.807, 2.05) is 19.0 Å². The van der Waals surface area contributed by atoms with Crippen molar-refractivity contribution in [1.82, 2.24) is 13.9 Å². The predicted octanol–water partition coefficient (Wildman–Crippen LogP) is 0.626. The van der Waals surface area contributed by atoms with Crippen LogP contribution in [-0.2, 0) is 20.0 Å². The summed E-state index contributed by atoms with van der Waals surface area (Å²) in [6.45, 7) is 2.52. The molecule has 0 spiro atoms. The average Bonchev–Trinajstić information content (AvgIpc) is 2.43. The highest BCUT2D eigenvalue weighted by Crippen LogP contribution is 2.15. The van der Waals surface area contributed by atoms with Crippen LogP contribution in [0.2, 0.25) is 0 Å². The summed E-state index contributed by atoms with van der Waals surface area (Å²) in [4.78, 5) is 1.92. The van der Waals surface area contributed by atoms with Crippen molar-refractivity contribution in [2.45, 2.75) is 18.2 Å². The van der Waals surface area contributed by atoms with Gasteiger partial charge in [0.05, 0.1) is 11.2 Å². The van der Waals surface area contributed by atoms with E-state index < -0.39 is 25.9 Å². The first-order chi connectivity index (χ1) is 11.4. The minimum Gasteiger partial charge on any atom is -0.309 e. The summed E-state index contributed by atoms with van der Waals surface area (Å²) in [6.07, 6.45) is 1.74. The van der Waals surface area contributed by atoms with Crippen LogP contribution in [0.15, 0.2) is 23.1 Å². The first kappa shape index (κ1) is 22.0. The molecule has 0 aliphatic rings. The zero-order valence-corrected chi connectivity index (χ0v) is 16.6. The third-order valence-electron chi connectivity index (χ3n) is 3.56. The first-order valence-electron chi connectivity index (χ1n) is 7.79. The number of benzene rings is 1. The number of nitrogens with zero attached hydrogens (tertiary/aromatic N) is 2. The highest BCUT2D eigenvalue weighted by atomic mass is 32.2. The van der Waals surface area contributed by atoms with E-state index in [0.29, 0.717) is 18.5 Å². The number of halogens is 1. The Morgan fingerprint density at radius 3 is 2.24 bits per heavy atom. The van der Waals surface area contributed by atoms with Gasteiger partial charge in [-0.15, -0.1) is 0 Å². The van der Waals surface area contributed by atoms with E-state index >= 15 is 0 Å². The summed E-state index contributed by atoms with van der Waals surface area (Å²) in [5.41, 5.74) is 0.290. The summed E-state index contributed by atoms with van der Waals surface area (Å²) in [7, 11) is -3.47. The van der Waals surface area contributed by atoms with Gasteiger partial charge >= 0.3 is 0 Å². The van der Waals surface area contributed by atoms with Crippen molar-refractivity contribution in [3.05, 3.63) is 29.6 Å². The number of nitrogens with one attached hydrogen (secondary N) is 1. The molecule has 0 heterocycles. The Hall–Kier alpha value is -1.07. The molecule has 25 heavy (non-hydrogen) atoms. The van der Waals surface area contributed by atoms with E-state index in [-0.39, 0.29) is 18.0 Å². The fourth-order valence-electron chi connectivity index (χ4n) is 2.30. The maximum absolute atomic E-state index is 13.1. The molecule has 1 aromatic carbocycles. The lowest BCUT2D eigenvalue weighted by molar-refractivity contribution is 0.352. The van der Waals surface area contributed by atoms with Crippen LogP contribution in [0, 0.1) is 12.7 Å². The highest BCUT2D eigenvalue weighted by Gasteiger charge is 2.20. The maximum Gasteiger partial charge on any atom is 0.240 e. The van der Waals surface area contributed by atoms with E-state index in [1.165, 1.54) is 17.3 Å². The van der Waals surface area contributed by atoms with Gasteiger partial charge in [0, 0.05) is 19.6 Å². The van der Waals surface area contributed by atoms with Crippen LogP contribution in [-0.4, -0.2) is 72.6 Å². The molecule has 0 fully saturated rings. The van der Waals surface area contributed by atoms with Crippen molar-refractivity contribution in [3.63, 3.8) is 0 Å². The molecular weight excluding hydrogens is 369 g/mol. The SMILES string of the molecule is Cc1cc(F)ccc1S(=O)(=O)NCCN(CCCN(C)C)S(C)(=O)=O. The minimum atomic E-state index is -3.83. The van der Waals surface area contributed by atoms with Crippen LogP contribution < -0.4 is 4.72 Å². The Kier molecular flexibility index (Phi) is 7.94. The molecule has 1 N–H and O–H groups in total. The van der Waals surface area contributed by atoms with Crippen molar-refractivity contribution in [2.24, 2.45) is 0 Å². The van der Waals surface area contributed by atoms with Crippen LogP contribution in [0.1, 0.15) is 12.0 Å². The molecule has 0 unspecified atom stereocenters. The first-order valence-corrected chi connectivity index (χ1v) is 11.1. The molecule has 0 saturated heterocycles. The van der Waals surface area contributed by atoms with Gasteiger partial charge in [-0.3, -0.25) is 0 Å². The van der Waals surface area contributed by atoms with Gasteiger partial charge in [0.25, 0.3) is 0 Å².